The largest absolute Gasteiger partial charge is 0.269 e. The lowest BCUT2D eigenvalue weighted by molar-refractivity contribution is -0.384. The van der Waals surface area contributed by atoms with Gasteiger partial charge < -0.3 is 0 Å². The van der Waals surface area contributed by atoms with E-state index in [0.717, 1.165) is 24.8 Å². The Morgan fingerprint density at radius 2 is 2.25 bits per heavy atom. The summed E-state index contributed by atoms with van der Waals surface area (Å²) in [5.74, 6) is 0.476. The number of rotatable bonds is 3. The van der Waals surface area contributed by atoms with Crippen LogP contribution in [0.1, 0.15) is 24.8 Å². The van der Waals surface area contributed by atoms with Crippen molar-refractivity contribution in [1.29, 1.82) is 0 Å². The van der Waals surface area contributed by atoms with E-state index >= 15 is 0 Å². The van der Waals surface area contributed by atoms with Gasteiger partial charge in [-0.1, -0.05) is 18.6 Å². The highest BCUT2D eigenvalue weighted by molar-refractivity contribution is 6.20. The van der Waals surface area contributed by atoms with Gasteiger partial charge in [-0.15, -0.1) is 11.6 Å². The second-order valence-electron chi connectivity index (χ2n) is 4.34. The van der Waals surface area contributed by atoms with E-state index in [-0.39, 0.29) is 16.0 Å². The molecule has 86 valence electrons. The molecular formula is C12H14ClNO2. The maximum Gasteiger partial charge on any atom is 0.269 e. The molecule has 0 aromatic heterocycles. The van der Waals surface area contributed by atoms with E-state index in [1.807, 2.05) is 6.07 Å². The van der Waals surface area contributed by atoms with Crippen LogP contribution < -0.4 is 0 Å². The number of nitro benzene ring substituents is 1. The highest BCUT2D eigenvalue weighted by Gasteiger charge is 2.25. The summed E-state index contributed by atoms with van der Waals surface area (Å²) in [6.07, 6.45) is 4.24. The number of hydrogen-bond acceptors (Lipinski definition) is 2. The van der Waals surface area contributed by atoms with E-state index in [4.69, 9.17) is 11.6 Å². The highest BCUT2D eigenvalue weighted by Crippen LogP contribution is 2.33. The Labute approximate surface area is 99.6 Å². The summed E-state index contributed by atoms with van der Waals surface area (Å²) in [6.45, 7) is 0. The van der Waals surface area contributed by atoms with Gasteiger partial charge in [-0.05, 0) is 30.7 Å². The van der Waals surface area contributed by atoms with Crippen molar-refractivity contribution < 1.29 is 4.92 Å². The molecule has 0 aliphatic heterocycles. The van der Waals surface area contributed by atoms with Crippen LogP contribution in [0.4, 0.5) is 5.69 Å². The fraction of sp³-hybridized carbons (Fsp3) is 0.500. The van der Waals surface area contributed by atoms with Crippen molar-refractivity contribution in [3.05, 3.63) is 39.9 Å². The van der Waals surface area contributed by atoms with Gasteiger partial charge >= 0.3 is 0 Å². The fourth-order valence-corrected chi connectivity index (χ4v) is 2.69. The average Bonchev–Trinajstić information content (AvgIpc) is 2.65. The molecule has 2 unspecified atom stereocenters. The minimum absolute atomic E-state index is 0.168. The third-order valence-corrected chi connectivity index (χ3v) is 3.76. The normalized spacial score (nSPS) is 24.6. The van der Waals surface area contributed by atoms with Crippen LogP contribution in [0.3, 0.4) is 0 Å². The minimum Gasteiger partial charge on any atom is -0.258 e. The van der Waals surface area contributed by atoms with Crippen LogP contribution in [0.25, 0.3) is 0 Å². The minimum atomic E-state index is -0.351. The lowest BCUT2D eigenvalue weighted by atomic mass is 9.97. The van der Waals surface area contributed by atoms with Gasteiger partial charge in [0.2, 0.25) is 0 Å². The van der Waals surface area contributed by atoms with Crippen LogP contribution in [-0.4, -0.2) is 10.3 Å². The summed E-state index contributed by atoms with van der Waals surface area (Å²) < 4.78 is 0. The molecule has 0 radical (unpaired) electrons. The predicted octanol–water partition coefficient (Wildman–Crippen LogP) is 3.54. The molecule has 1 aliphatic carbocycles. The van der Waals surface area contributed by atoms with Crippen molar-refractivity contribution in [2.24, 2.45) is 5.92 Å². The molecule has 1 saturated carbocycles. The molecule has 4 heteroatoms. The second-order valence-corrected chi connectivity index (χ2v) is 4.90. The Kier molecular flexibility index (Phi) is 3.44. The number of benzene rings is 1. The Bertz CT molecular complexity index is 394. The zero-order valence-corrected chi connectivity index (χ0v) is 9.69. The molecule has 0 saturated heterocycles. The van der Waals surface area contributed by atoms with Crippen LogP contribution in [0.15, 0.2) is 24.3 Å². The summed E-state index contributed by atoms with van der Waals surface area (Å²) in [4.78, 5) is 10.3. The zero-order valence-electron chi connectivity index (χ0n) is 8.93. The van der Waals surface area contributed by atoms with Crippen LogP contribution >= 0.6 is 11.6 Å². The van der Waals surface area contributed by atoms with Crippen LogP contribution in [0.2, 0.25) is 0 Å². The Morgan fingerprint density at radius 1 is 1.44 bits per heavy atom. The first-order valence-corrected chi connectivity index (χ1v) is 5.98. The Balaban J connectivity index is 2.09. The maximum atomic E-state index is 10.6. The van der Waals surface area contributed by atoms with Gasteiger partial charge in [0.1, 0.15) is 0 Å². The number of hydrogen-bond donors (Lipinski definition) is 0. The van der Waals surface area contributed by atoms with E-state index in [2.05, 4.69) is 0 Å². The van der Waals surface area contributed by atoms with Crippen molar-refractivity contribution in [2.75, 3.05) is 0 Å². The molecule has 3 nitrogen and oxygen atoms in total. The van der Waals surface area contributed by atoms with Crippen molar-refractivity contribution in [2.45, 2.75) is 31.1 Å². The molecule has 16 heavy (non-hydrogen) atoms. The molecule has 1 aromatic carbocycles. The second kappa shape index (κ2) is 4.83. The first-order chi connectivity index (χ1) is 7.66. The number of nitrogens with zero attached hydrogens (tertiary/aromatic N) is 1. The standard InChI is InChI=1S/C12H14ClNO2/c13-12-6-2-4-10(12)7-9-3-1-5-11(8-9)14(15)16/h1,3,5,8,10,12H,2,4,6-7H2. The Hall–Kier alpha value is -1.09. The predicted molar refractivity (Wildman–Crippen MR) is 63.8 cm³/mol. The first-order valence-electron chi connectivity index (χ1n) is 5.54. The van der Waals surface area contributed by atoms with Gasteiger partial charge in [-0.3, -0.25) is 10.1 Å². The third-order valence-electron chi connectivity index (χ3n) is 3.19. The van der Waals surface area contributed by atoms with E-state index in [9.17, 15) is 10.1 Å². The van der Waals surface area contributed by atoms with E-state index in [1.165, 1.54) is 12.5 Å². The molecule has 0 amide bonds. The van der Waals surface area contributed by atoms with Crippen molar-refractivity contribution in [1.82, 2.24) is 0 Å². The van der Waals surface area contributed by atoms with E-state index in [1.54, 1.807) is 12.1 Å². The van der Waals surface area contributed by atoms with Gasteiger partial charge in [0.15, 0.2) is 0 Å². The lowest BCUT2D eigenvalue weighted by Crippen LogP contribution is -2.10. The zero-order chi connectivity index (χ0) is 11.5. The third kappa shape index (κ3) is 2.53. The number of non-ortho nitro benzene ring substituents is 1. The van der Waals surface area contributed by atoms with Crippen molar-refractivity contribution in [3.8, 4) is 0 Å². The molecule has 2 atom stereocenters. The van der Waals surface area contributed by atoms with Crippen molar-refractivity contribution >= 4 is 17.3 Å². The molecule has 1 fully saturated rings. The molecule has 1 aliphatic rings. The van der Waals surface area contributed by atoms with Crippen molar-refractivity contribution in [3.63, 3.8) is 0 Å². The van der Waals surface area contributed by atoms with Gasteiger partial charge in [0.05, 0.1) is 4.92 Å². The SMILES string of the molecule is O=[N+]([O-])c1cccc(CC2CCCC2Cl)c1. The van der Waals surface area contributed by atoms with E-state index in [0.29, 0.717) is 5.92 Å². The topological polar surface area (TPSA) is 43.1 Å². The van der Waals surface area contributed by atoms with Crippen LogP contribution in [0, 0.1) is 16.0 Å². The lowest BCUT2D eigenvalue weighted by Gasteiger charge is -2.13. The summed E-state index contributed by atoms with van der Waals surface area (Å²) >= 11 is 6.20. The molecule has 0 N–H and O–H groups in total. The number of alkyl halides is 1. The average molecular weight is 240 g/mol. The number of nitro groups is 1. The summed E-state index contributed by atoms with van der Waals surface area (Å²) in [5, 5.41) is 10.9. The van der Waals surface area contributed by atoms with Crippen LogP contribution in [0.5, 0.6) is 0 Å². The molecule has 1 aromatic rings. The molecular weight excluding hydrogens is 226 g/mol. The molecule has 0 bridgehead atoms. The first kappa shape index (κ1) is 11.4. The monoisotopic (exact) mass is 239 g/mol. The molecule has 0 spiro atoms. The van der Waals surface area contributed by atoms with Crippen LogP contribution in [-0.2, 0) is 6.42 Å². The number of halogens is 1. The van der Waals surface area contributed by atoms with Gasteiger partial charge in [0, 0.05) is 17.5 Å². The van der Waals surface area contributed by atoms with Gasteiger partial charge in [-0.2, -0.15) is 0 Å². The maximum absolute atomic E-state index is 10.6. The summed E-state index contributed by atoms with van der Waals surface area (Å²) in [7, 11) is 0. The summed E-state index contributed by atoms with van der Waals surface area (Å²) in [5.41, 5.74) is 1.19. The quantitative estimate of drug-likeness (QED) is 0.460. The Morgan fingerprint density at radius 3 is 2.88 bits per heavy atom. The smallest absolute Gasteiger partial charge is 0.258 e. The van der Waals surface area contributed by atoms with Gasteiger partial charge in [0.25, 0.3) is 5.69 Å². The van der Waals surface area contributed by atoms with E-state index < -0.39 is 0 Å². The highest BCUT2D eigenvalue weighted by atomic mass is 35.5. The fourth-order valence-electron chi connectivity index (χ4n) is 2.32. The van der Waals surface area contributed by atoms with Gasteiger partial charge in [-0.25, -0.2) is 0 Å². The molecule has 0 heterocycles. The molecule has 2 rings (SSSR count). The summed E-state index contributed by atoms with van der Waals surface area (Å²) in [6, 6.07) is 6.86.